The van der Waals surface area contributed by atoms with Crippen molar-refractivity contribution in [3.63, 3.8) is 0 Å². The van der Waals surface area contributed by atoms with Crippen LogP contribution in [0, 0.1) is 0 Å². The van der Waals surface area contributed by atoms with Crippen molar-refractivity contribution in [2.24, 2.45) is 0 Å². The molecule has 0 radical (unpaired) electrons. The van der Waals surface area contributed by atoms with Crippen LogP contribution in [-0.4, -0.2) is 42.0 Å². The third kappa shape index (κ3) is 2.36. The second-order valence-corrected chi connectivity index (χ2v) is 5.52. The van der Waals surface area contributed by atoms with Crippen molar-refractivity contribution in [2.45, 2.75) is 13.3 Å². The molecule has 1 aromatic heterocycles. The molecule has 1 aliphatic heterocycles. The maximum atomic E-state index is 11.7. The highest BCUT2D eigenvalue weighted by molar-refractivity contribution is 6.31. The quantitative estimate of drug-likeness (QED) is 0.924. The Hall–Kier alpha value is -1.68. The molecular formula is C15H18ClN3O. The maximum absolute atomic E-state index is 11.7. The number of halogens is 1. The Bertz CT molecular complexity index is 629. The maximum Gasteiger partial charge on any atom is 0.222 e. The number of aromatic nitrogens is 1. The predicted molar refractivity (Wildman–Crippen MR) is 82.4 cm³/mol. The highest BCUT2D eigenvalue weighted by Crippen LogP contribution is 2.31. The first-order chi connectivity index (χ1) is 9.69. The van der Waals surface area contributed by atoms with Crippen LogP contribution in [0.15, 0.2) is 24.4 Å². The van der Waals surface area contributed by atoms with Crippen LogP contribution in [0.5, 0.6) is 0 Å². The normalized spacial score (nSPS) is 15.9. The lowest BCUT2D eigenvalue weighted by Gasteiger charge is -2.36. The van der Waals surface area contributed by atoms with Gasteiger partial charge in [0.15, 0.2) is 0 Å². The Morgan fingerprint density at radius 2 is 2.05 bits per heavy atom. The molecule has 1 saturated heterocycles. The molecule has 3 rings (SSSR count). The van der Waals surface area contributed by atoms with Crippen LogP contribution >= 0.6 is 11.6 Å². The fourth-order valence-electron chi connectivity index (χ4n) is 2.79. The molecule has 0 atom stereocenters. The standard InChI is InChI=1S/C15H18ClN3O/c1-2-15(20)19-7-5-18(6-8-19)14-10-11(16)9-13-12(14)3-4-17-13/h3-4,9-10,17H,2,5-8H2,1H3. The molecule has 2 aromatic rings. The number of piperazine rings is 1. The van der Waals surface area contributed by atoms with E-state index in [-0.39, 0.29) is 5.91 Å². The number of anilines is 1. The highest BCUT2D eigenvalue weighted by Gasteiger charge is 2.21. The number of aromatic amines is 1. The van der Waals surface area contributed by atoms with Crippen LogP contribution in [0.3, 0.4) is 0 Å². The summed E-state index contributed by atoms with van der Waals surface area (Å²) in [5.74, 6) is 0.238. The van der Waals surface area contributed by atoms with Crippen molar-refractivity contribution >= 4 is 34.1 Å². The van der Waals surface area contributed by atoms with Crippen molar-refractivity contribution < 1.29 is 4.79 Å². The van der Waals surface area contributed by atoms with Crippen molar-refractivity contribution in [1.29, 1.82) is 0 Å². The van der Waals surface area contributed by atoms with E-state index in [1.807, 2.05) is 30.2 Å². The van der Waals surface area contributed by atoms with Gasteiger partial charge in [0.25, 0.3) is 0 Å². The van der Waals surface area contributed by atoms with Crippen LogP contribution in [0.25, 0.3) is 10.9 Å². The number of benzene rings is 1. The summed E-state index contributed by atoms with van der Waals surface area (Å²) in [7, 11) is 0. The lowest BCUT2D eigenvalue weighted by Crippen LogP contribution is -2.48. The second-order valence-electron chi connectivity index (χ2n) is 5.09. The third-order valence-electron chi connectivity index (χ3n) is 3.89. The van der Waals surface area contributed by atoms with Gasteiger partial charge in [-0.15, -0.1) is 0 Å². The minimum absolute atomic E-state index is 0.238. The Morgan fingerprint density at radius 3 is 2.75 bits per heavy atom. The zero-order valence-corrected chi connectivity index (χ0v) is 12.3. The average Bonchev–Trinajstić information content (AvgIpc) is 2.94. The van der Waals surface area contributed by atoms with E-state index >= 15 is 0 Å². The molecule has 1 aliphatic rings. The monoisotopic (exact) mass is 291 g/mol. The number of hydrogen-bond donors (Lipinski definition) is 1. The van der Waals surface area contributed by atoms with Crippen LogP contribution in [0.2, 0.25) is 5.02 Å². The zero-order chi connectivity index (χ0) is 14.1. The van der Waals surface area contributed by atoms with Gasteiger partial charge in [0.1, 0.15) is 0 Å². The van der Waals surface area contributed by atoms with Gasteiger partial charge in [-0.2, -0.15) is 0 Å². The van der Waals surface area contributed by atoms with Crippen molar-refractivity contribution in [1.82, 2.24) is 9.88 Å². The van der Waals surface area contributed by atoms with Crippen molar-refractivity contribution in [2.75, 3.05) is 31.1 Å². The molecule has 1 N–H and O–H groups in total. The molecule has 1 amide bonds. The topological polar surface area (TPSA) is 39.3 Å². The molecule has 0 bridgehead atoms. The van der Waals surface area contributed by atoms with Gasteiger partial charge in [-0.05, 0) is 18.2 Å². The third-order valence-corrected chi connectivity index (χ3v) is 4.11. The average molecular weight is 292 g/mol. The van der Waals surface area contributed by atoms with E-state index in [0.717, 1.165) is 42.4 Å². The van der Waals surface area contributed by atoms with Crippen LogP contribution < -0.4 is 4.90 Å². The molecule has 0 unspecified atom stereocenters. The minimum Gasteiger partial charge on any atom is -0.367 e. The SMILES string of the molecule is CCC(=O)N1CCN(c2cc(Cl)cc3[nH]ccc23)CC1. The van der Waals surface area contributed by atoms with Crippen LogP contribution in [0.1, 0.15) is 13.3 Å². The van der Waals surface area contributed by atoms with Gasteiger partial charge in [0.2, 0.25) is 5.91 Å². The van der Waals surface area contributed by atoms with Gasteiger partial charge in [-0.1, -0.05) is 18.5 Å². The van der Waals surface area contributed by atoms with E-state index in [4.69, 9.17) is 11.6 Å². The second kappa shape index (κ2) is 5.37. The summed E-state index contributed by atoms with van der Waals surface area (Å²) in [5, 5.41) is 1.92. The molecule has 1 aromatic carbocycles. The molecule has 5 heteroatoms. The smallest absolute Gasteiger partial charge is 0.222 e. The largest absolute Gasteiger partial charge is 0.367 e. The summed E-state index contributed by atoms with van der Waals surface area (Å²) in [5.41, 5.74) is 2.21. The molecular weight excluding hydrogens is 274 g/mol. The number of H-pyrrole nitrogens is 1. The Balaban J connectivity index is 1.83. The van der Waals surface area contributed by atoms with Crippen LogP contribution in [-0.2, 0) is 4.79 Å². The van der Waals surface area contributed by atoms with E-state index in [1.165, 1.54) is 5.39 Å². The molecule has 106 valence electrons. The molecule has 0 aliphatic carbocycles. The zero-order valence-electron chi connectivity index (χ0n) is 11.5. The number of carbonyl (C=O) groups is 1. The number of nitrogens with one attached hydrogen (secondary N) is 1. The number of rotatable bonds is 2. The fraction of sp³-hybridized carbons (Fsp3) is 0.400. The number of carbonyl (C=O) groups excluding carboxylic acids is 1. The van der Waals surface area contributed by atoms with E-state index in [1.54, 1.807) is 0 Å². The summed E-state index contributed by atoms with van der Waals surface area (Å²) < 4.78 is 0. The summed E-state index contributed by atoms with van der Waals surface area (Å²) in [6.45, 7) is 5.18. The summed E-state index contributed by atoms with van der Waals surface area (Å²) in [6, 6.07) is 6.02. The lowest BCUT2D eigenvalue weighted by atomic mass is 10.1. The van der Waals surface area contributed by atoms with Crippen LogP contribution in [0.4, 0.5) is 5.69 Å². The fourth-order valence-corrected chi connectivity index (χ4v) is 3.01. The van der Waals surface area contributed by atoms with E-state index in [2.05, 4.69) is 16.0 Å². The molecule has 0 saturated carbocycles. The number of hydrogen-bond acceptors (Lipinski definition) is 2. The van der Waals surface area contributed by atoms with Gasteiger partial charge in [0.05, 0.1) is 0 Å². The van der Waals surface area contributed by atoms with Gasteiger partial charge >= 0.3 is 0 Å². The highest BCUT2D eigenvalue weighted by atomic mass is 35.5. The van der Waals surface area contributed by atoms with Gasteiger partial charge in [0, 0.05) is 60.4 Å². The Morgan fingerprint density at radius 1 is 1.30 bits per heavy atom. The minimum atomic E-state index is 0.238. The molecule has 20 heavy (non-hydrogen) atoms. The van der Waals surface area contributed by atoms with Gasteiger partial charge in [-0.25, -0.2) is 0 Å². The lowest BCUT2D eigenvalue weighted by molar-refractivity contribution is -0.131. The van der Waals surface area contributed by atoms with E-state index in [9.17, 15) is 4.79 Å². The number of amides is 1. The van der Waals surface area contributed by atoms with E-state index < -0.39 is 0 Å². The summed E-state index contributed by atoms with van der Waals surface area (Å²) >= 11 is 6.19. The van der Waals surface area contributed by atoms with Crippen molar-refractivity contribution in [3.8, 4) is 0 Å². The number of fused-ring (bicyclic) bond motifs is 1. The first kappa shape index (κ1) is 13.3. The Kier molecular flexibility index (Phi) is 3.57. The summed E-state index contributed by atoms with van der Waals surface area (Å²) in [4.78, 5) is 19.2. The molecule has 1 fully saturated rings. The predicted octanol–water partition coefficient (Wildman–Crippen LogP) is 2.88. The van der Waals surface area contributed by atoms with Crippen molar-refractivity contribution in [3.05, 3.63) is 29.4 Å². The van der Waals surface area contributed by atoms with Gasteiger partial charge in [-0.3, -0.25) is 4.79 Å². The van der Waals surface area contributed by atoms with Gasteiger partial charge < -0.3 is 14.8 Å². The molecule has 2 heterocycles. The summed E-state index contributed by atoms with van der Waals surface area (Å²) in [6.07, 6.45) is 2.51. The van der Waals surface area contributed by atoms with E-state index in [0.29, 0.717) is 6.42 Å². The first-order valence-electron chi connectivity index (χ1n) is 6.98. The Labute approximate surface area is 123 Å². The first-order valence-corrected chi connectivity index (χ1v) is 7.36. The molecule has 4 nitrogen and oxygen atoms in total. The molecule has 0 spiro atoms. The number of nitrogens with zero attached hydrogens (tertiary/aromatic N) is 2.